The van der Waals surface area contributed by atoms with Crippen LogP contribution >= 0.6 is 7.82 Å². The Morgan fingerprint density at radius 3 is 2.19 bits per heavy atom. The van der Waals surface area contributed by atoms with Gasteiger partial charge in [0.05, 0.1) is 18.2 Å². The maximum atomic E-state index is 12.9. The van der Waals surface area contributed by atoms with Crippen molar-refractivity contribution < 1.29 is 69.2 Å². The van der Waals surface area contributed by atoms with Crippen LogP contribution in [-0.4, -0.2) is 44.1 Å². The number of rotatable bonds is 6. The summed E-state index contributed by atoms with van der Waals surface area (Å²) in [7, 11) is -4.64. The first-order chi connectivity index (χ1) is 20.0. The van der Waals surface area contributed by atoms with Crippen LogP contribution in [0.15, 0.2) is 52.9 Å². The van der Waals surface area contributed by atoms with Crippen LogP contribution in [0.5, 0.6) is 0 Å². The van der Waals surface area contributed by atoms with Gasteiger partial charge in [0.15, 0.2) is 0 Å². The Morgan fingerprint density at radius 1 is 1.02 bits per heavy atom. The molecule has 0 atom stereocenters. The number of esters is 1. The van der Waals surface area contributed by atoms with Crippen molar-refractivity contribution in [2.45, 2.75) is 34.6 Å². The molecule has 0 bridgehead atoms. The van der Waals surface area contributed by atoms with Gasteiger partial charge in [-0.3, -0.25) is 0 Å². The Morgan fingerprint density at radius 2 is 1.63 bits per heavy atom. The number of hydrogen-bond acceptors (Lipinski definition) is 8. The summed E-state index contributed by atoms with van der Waals surface area (Å²) in [6.45, 7) is 12.1. The molecule has 2 aromatic carbocycles. The predicted molar refractivity (Wildman–Crippen MR) is 150 cm³/mol. The number of carbonyl (C=O) groups is 1. The van der Waals surface area contributed by atoms with Gasteiger partial charge < -0.3 is 29.2 Å². The Labute approximate surface area is 251 Å². The van der Waals surface area contributed by atoms with Gasteiger partial charge in [-0.2, -0.15) is 0 Å². The molecule has 0 amide bonds. The predicted octanol–water partition coefficient (Wildman–Crippen LogP) is 1.52. The maximum absolute atomic E-state index is 12.9. The van der Waals surface area contributed by atoms with Crippen molar-refractivity contribution in [2.24, 2.45) is 0 Å². The fourth-order valence-electron chi connectivity index (χ4n) is 4.34. The third-order valence-electron chi connectivity index (χ3n) is 5.84. The summed E-state index contributed by atoms with van der Waals surface area (Å²) >= 11 is -5.92. The molecule has 0 unspecified atom stereocenters. The van der Waals surface area contributed by atoms with Crippen LogP contribution in [0.1, 0.15) is 42.3 Å². The molecule has 6 N–H and O–H groups in total. The molecule has 2 aromatic rings. The van der Waals surface area contributed by atoms with Crippen LogP contribution in [-0.2, 0) is 32.8 Å². The zero-order chi connectivity index (χ0) is 32.5. The summed E-state index contributed by atoms with van der Waals surface area (Å²) in [5.41, 5.74) is 7.38. The summed E-state index contributed by atoms with van der Waals surface area (Å²) in [6, 6.07) is 16.0. The molecule has 2 aliphatic rings. The first-order valence-corrected chi connectivity index (χ1v) is 19.5. The SMILES string of the molecule is CCNc1cc2oc3cc(=[NH+]CC)c(C)cc-3c(-c3ccccc3C(=O)OCC)c2cc1C.O=P(O)(O)O.[O]=[W](=[O])([O-])[OH]. The number of phosphoric acid groups is 1. The Hall–Kier alpha value is -3.28. The molecule has 13 nitrogen and oxygen atoms in total. The zero-order valence-corrected chi connectivity index (χ0v) is 28.1. The number of hydrogen-bond donors (Lipinski definition) is 6. The van der Waals surface area contributed by atoms with Crippen molar-refractivity contribution in [3.05, 3.63) is 70.6 Å². The van der Waals surface area contributed by atoms with E-state index in [2.05, 4.69) is 62.3 Å². The van der Waals surface area contributed by atoms with E-state index in [0.29, 0.717) is 12.2 Å². The summed E-state index contributed by atoms with van der Waals surface area (Å²) in [6.07, 6.45) is 0. The van der Waals surface area contributed by atoms with Gasteiger partial charge >= 0.3 is 44.9 Å². The van der Waals surface area contributed by atoms with Crippen LogP contribution in [0.2, 0.25) is 0 Å². The van der Waals surface area contributed by atoms with E-state index in [0.717, 1.165) is 68.7 Å². The van der Waals surface area contributed by atoms with Gasteiger partial charge in [-0.1, -0.05) is 18.2 Å². The molecule has 0 fully saturated rings. The number of fused-ring (bicyclic) bond motifs is 2. The summed E-state index contributed by atoms with van der Waals surface area (Å²) in [5.74, 6) is 0.446. The van der Waals surface area contributed by atoms with E-state index >= 15 is 0 Å². The van der Waals surface area contributed by atoms with Crippen LogP contribution in [0, 0.1) is 13.8 Å². The normalized spacial score (nSPS) is 11.8. The van der Waals surface area contributed by atoms with Crippen molar-refractivity contribution >= 4 is 30.4 Å². The molecule has 0 radical (unpaired) electrons. The van der Waals surface area contributed by atoms with Gasteiger partial charge in [-0.05, 0) is 63.9 Å². The van der Waals surface area contributed by atoms with Crippen molar-refractivity contribution in [1.29, 1.82) is 0 Å². The Balaban J connectivity index is 0.000000559. The second kappa shape index (κ2) is 15.4. The monoisotopic (exact) mass is 790 g/mol. The zero-order valence-electron chi connectivity index (χ0n) is 24.2. The molecular weight excluding hydrogens is 755 g/mol. The summed E-state index contributed by atoms with van der Waals surface area (Å²) in [5, 5.41) is 5.42. The van der Waals surface area contributed by atoms with Crippen molar-refractivity contribution in [3.8, 4) is 22.5 Å². The van der Waals surface area contributed by atoms with Gasteiger partial charge in [0, 0.05) is 40.4 Å². The number of benzene rings is 3. The van der Waals surface area contributed by atoms with E-state index in [-0.39, 0.29) is 5.97 Å². The summed E-state index contributed by atoms with van der Waals surface area (Å²) < 4.78 is 54.0. The molecule has 0 saturated carbocycles. The molecule has 234 valence electrons. The van der Waals surface area contributed by atoms with E-state index in [1.807, 2.05) is 31.2 Å². The molecule has 15 heteroatoms. The number of carbonyl (C=O) groups excluding carboxylic acids is 1. The molecule has 1 heterocycles. The van der Waals surface area contributed by atoms with E-state index < -0.39 is 24.6 Å². The van der Waals surface area contributed by atoms with Crippen molar-refractivity contribution in [2.75, 3.05) is 25.0 Å². The van der Waals surface area contributed by atoms with Crippen LogP contribution < -0.4 is 19.4 Å². The molecule has 0 spiro atoms. The quantitative estimate of drug-likeness (QED) is 0.0931. The second-order valence-corrected chi connectivity index (χ2v) is 13.2. The topological polar surface area (TPSA) is 221 Å². The van der Waals surface area contributed by atoms with Gasteiger partial charge in [-0.15, -0.1) is 0 Å². The molecule has 4 rings (SSSR count). The molecule has 1 aliphatic heterocycles. The van der Waals surface area contributed by atoms with Gasteiger partial charge in [0.25, 0.3) is 0 Å². The molecule has 43 heavy (non-hydrogen) atoms. The van der Waals surface area contributed by atoms with Crippen molar-refractivity contribution in [3.63, 3.8) is 0 Å². The first kappa shape index (κ1) is 35.9. The van der Waals surface area contributed by atoms with Gasteiger partial charge in [0.2, 0.25) is 5.36 Å². The number of ether oxygens (including phenoxy) is 1. The van der Waals surface area contributed by atoms with E-state index in [4.69, 9.17) is 42.7 Å². The first-order valence-electron chi connectivity index (χ1n) is 13.0. The number of aryl methyl sites for hydroxylation is 2. The van der Waals surface area contributed by atoms with Crippen LogP contribution in [0.3, 0.4) is 0 Å². The molecular formula is C28H35N2O11PW. The fourth-order valence-corrected chi connectivity index (χ4v) is 4.34. The van der Waals surface area contributed by atoms with Crippen LogP contribution in [0.4, 0.5) is 5.69 Å². The minimum absolute atomic E-state index is 0.322. The molecule has 0 aromatic heterocycles. The summed E-state index contributed by atoms with van der Waals surface area (Å²) in [4.78, 5) is 37.8. The van der Waals surface area contributed by atoms with Gasteiger partial charge in [-0.25, -0.2) is 14.4 Å². The van der Waals surface area contributed by atoms with E-state index in [9.17, 15) is 4.79 Å². The Kier molecular flexibility index (Phi) is 12.9. The number of anilines is 1. The van der Waals surface area contributed by atoms with Crippen molar-refractivity contribution in [1.82, 2.24) is 0 Å². The van der Waals surface area contributed by atoms with E-state index in [1.165, 1.54) is 0 Å². The number of nitrogens with one attached hydrogen (secondary N) is 2. The average molecular weight is 790 g/mol. The Bertz CT molecular complexity index is 1760. The average Bonchev–Trinajstić information content (AvgIpc) is 2.87. The molecule has 0 saturated heterocycles. The third-order valence-corrected chi connectivity index (χ3v) is 5.84. The van der Waals surface area contributed by atoms with E-state index in [1.54, 1.807) is 0 Å². The molecule has 1 aliphatic carbocycles. The minimum atomic E-state index is -5.92. The second-order valence-electron chi connectivity index (χ2n) is 9.07. The fraction of sp³-hybridized carbons (Fsp3) is 0.286. The third kappa shape index (κ3) is 11.1. The van der Waals surface area contributed by atoms with Crippen LogP contribution in [0.25, 0.3) is 33.4 Å². The standard InChI is InChI=1S/C28H30N2O3.H3O4P.H2O.3O.W/c1-6-29-23-15-25-21(13-17(23)4)27(19-11-9-10-12-20(19)28(31)32-8-3)22-14-18(5)24(30-7-2)16-26(22)33-25;1-5(2,3)4;;;;;/h9-16,29H,6-8H2,1-5H3;(H3,1,2,3,4);1H2;;;;/q;;;;;-1;+1. The van der Waals surface area contributed by atoms with Gasteiger partial charge in [0.1, 0.15) is 17.9 Å².